The van der Waals surface area contributed by atoms with Crippen molar-refractivity contribution in [3.8, 4) is 5.69 Å². The van der Waals surface area contributed by atoms with Gasteiger partial charge in [0.2, 0.25) is 5.91 Å². The van der Waals surface area contributed by atoms with E-state index in [0.29, 0.717) is 17.1 Å². The Labute approximate surface area is 235 Å². The van der Waals surface area contributed by atoms with Crippen LogP contribution in [0.3, 0.4) is 0 Å². The number of nitrogens with zero attached hydrogens (tertiary/aromatic N) is 3. The number of hydrogen-bond donors (Lipinski definition) is 1. The summed E-state index contributed by atoms with van der Waals surface area (Å²) in [6, 6.07) is 19.9. The molecule has 1 aliphatic rings. The molecule has 0 unspecified atom stereocenters. The van der Waals surface area contributed by atoms with E-state index in [2.05, 4.69) is 5.32 Å². The van der Waals surface area contributed by atoms with E-state index in [-0.39, 0.29) is 18.0 Å². The maximum Gasteiger partial charge on any atom is 0.312 e. The maximum atomic E-state index is 13.4. The van der Waals surface area contributed by atoms with Crippen LogP contribution in [0.15, 0.2) is 76.9 Å². The van der Waals surface area contributed by atoms with E-state index in [0.717, 1.165) is 10.4 Å². The highest BCUT2D eigenvalue weighted by atomic mass is 32.1. The third-order valence-corrected chi connectivity index (χ3v) is 8.18. The second kappa shape index (κ2) is 11.0. The summed E-state index contributed by atoms with van der Waals surface area (Å²) in [4.78, 5) is 55.4. The normalized spacial score (nSPS) is 17.6. The first-order valence-corrected chi connectivity index (χ1v) is 13.8. The van der Waals surface area contributed by atoms with Crippen LogP contribution in [0.1, 0.15) is 35.5 Å². The molecule has 0 saturated carbocycles. The van der Waals surface area contributed by atoms with Gasteiger partial charge in [-0.05, 0) is 56.5 Å². The molecule has 0 radical (unpaired) electrons. The molecule has 0 bridgehead atoms. The predicted molar refractivity (Wildman–Crippen MR) is 154 cm³/mol. The number of hydrogen-bond acceptors (Lipinski definition) is 6. The number of benzene rings is 2. The van der Waals surface area contributed by atoms with Crippen LogP contribution >= 0.6 is 11.3 Å². The van der Waals surface area contributed by atoms with Gasteiger partial charge in [-0.3, -0.25) is 23.9 Å². The van der Waals surface area contributed by atoms with E-state index in [1.807, 2.05) is 66.9 Å². The smallest absolute Gasteiger partial charge is 0.312 e. The van der Waals surface area contributed by atoms with Gasteiger partial charge in [0, 0.05) is 24.0 Å². The van der Waals surface area contributed by atoms with Gasteiger partial charge in [-0.1, -0.05) is 42.0 Å². The molecular weight excluding hydrogens is 528 g/mol. The van der Waals surface area contributed by atoms with Gasteiger partial charge in [-0.2, -0.15) is 0 Å². The Morgan fingerprint density at radius 3 is 2.33 bits per heavy atom. The molecule has 5 rings (SSSR count). The van der Waals surface area contributed by atoms with Crippen LogP contribution < -0.4 is 15.8 Å². The van der Waals surface area contributed by atoms with Crippen LogP contribution in [0, 0.1) is 19.8 Å². The van der Waals surface area contributed by atoms with Crippen LogP contribution in [-0.2, 0) is 26.2 Å². The maximum absolute atomic E-state index is 13.4. The summed E-state index contributed by atoms with van der Waals surface area (Å²) in [6.07, 6.45) is -1.23. The van der Waals surface area contributed by atoms with Crippen molar-refractivity contribution >= 4 is 40.5 Å². The number of carbonyl (C=O) groups is 3. The number of carbonyl (C=O) groups excluding carboxylic acids is 3. The van der Waals surface area contributed by atoms with E-state index in [1.165, 1.54) is 22.9 Å². The van der Waals surface area contributed by atoms with E-state index < -0.39 is 35.5 Å². The molecule has 10 heteroatoms. The Balaban J connectivity index is 1.35. The van der Waals surface area contributed by atoms with Crippen molar-refractivity contribution in [2.45, 2.75) is 39.3 Å². The Morgan fingerprint density at radius 2 is 1.68 bits per heavy atom. The molecule has 1 saturated heterocycles. The summed E-state index contributed by atoms with van der Waals surface area (Å²) in [5.74, 6) is -2.26. The summed E-state index contributed by atoms with van der Waals surface area (Å²) in [5.41, 5.74) is 2.67. The SMILES string of the molecule is Cc1ccc(N2C(=O)C[C@@H](C(=O)O[C@H](C)C(=O)Nc3c(C)n(C)n(-c4ccccc4)c3=O)[C@H]2c2cccs2)cc1. The molecule has 0 spiro atoms. The zero-order valence-corrected chi connectivity index (χ0v) is 23.5. The van der Waals surface area contributed by atoms with Crippen molar-refractivity contribution in [2.75, 3.05) is 10.2 Å². The fourth-order valence-electron chi connectivity index (χ4n) is 4.99. The minimum Gasteiger partial charge on any atom is -0.452 e. The molecule has 2 aromatic heterocycles. The highest BCUT2D eigenvalue weighted by Gasteiger charge is 2.47. The van der Waals surface area contributed by atoms with Crippen molar-refractivity contribution in [1.82, 2.24) is 9.36 Å². The average Bonchev–Trinajstić information content (AvgIpc) is 3.64. The number of rotatable bonds is 7. The molecule has 1 N–H and O–H groups in total. The number of aromatic nitrogens is 2. The Kier molecular flexibility index (Phi) is 7.44. The lowest BCUT2D eigenvalue weighted by Gasteiger charge is -2.27. The second-order valence-electron chi connectivity index (χ2n) is 9.88. The number of nitrogens with one attached hydrogen (secondary N) is 1. The van der Waals surface area contributed by atoms with Crippen LogP contribution in [-0.4, -0.2) is 33.3 Å². The molecule has 0 aliphatic carbocycles. The molecule has 2 aromatic carbocycles. The topological polar surface area (TPSA) is 103 Å². The van der Waals surface area contributed by atoms with E-state index >= 15 is 0 Å². The number of amides is 2. The molecule has 3 atom stereocenters. The molecule has 1 fully saturated rings. The summed E-state index contributed by atoms with van der Waals surface area (Å²) in [5, 5.41) is 4.54. The largest absolute Gasteiger partial charge is 0.452 e. The Hall–Kier alpha value is -4.44. The van der Waals surface area contributed by atoms with Gasteiger partial charge in [0.25, 0.3) is 11.5 Å². The summed E-state index contributed by atoms with van der Waals surface area (Å²) in [6.45, 7) is 5.14. The van der Waals surface area contributed by atoms with Gasteiger partial charge in [0.05, 0.1) is 23.3 Å². The summed E-state index contributed by atoms with van der Waals surface area (Å²) in [7, 11) is 1.73. The van der Waals surface area contributed by atoms with Crippen LogP contribution in [0.5, 0.6) is 0 Å². The number of ether oxygens (including phenoxy) is 1. The van der Waals surface area contributed by atoms with Gasteiger partial charge in [0.1, 0.15) is 5.69 Å². The quantitative estimate of drug-likeness (QED) is 0.336. The number of aryl methyl sites for hydroxylation is 1. The first kappa shape index (κ1) is 27.1. The van der Waals surface area contributed by atoms with Crippen molar-refractivity contribution in [3.05, 3.63) is 98.6 Å². The van der Waals surface area contributed by atoms with Crippen molar-refractivity contribution < 1.29 is 19.1 Å². The van der Waals surface area contributed by atoms with Crippen LogP contribution in [0.2, 0.25) is 0 Å². The Morgan fingerprint density at radius 1 is 0.975 bits per heavy atom. The molecule has 206 valence electrons. The van der Waals surface area contributed by atoms with E-state index in [9.17, 15) is 19.2 Å². The van der Waals surface area contributed by atoms with Crippen LogP contribution in [0.4, 0.5) is 11.4 Å². The van der Waals surface area contributed by atoms with Crippen molar-refractivity contribution in [3.63, 3.8) is 0 Å². The van der Waals surface area contributed by atoms with Gasteiger partial charge in [-0.15, -0.1) is 11.3 Å². The highest BCUT2D eigenvalue weighted by Crippen LogP contribution is 2.43. The fourth-order valence-corrected chi connectivity index (χ4v) is 5.87. The summed E-state index contributed by atoms with van der Waals surface area (Å²) >= 11 is 1.46. The van der Waals surface area contributed by atoms with E-state index in [4.69, 9.17) is 4.74 Å². The number of anilines is 2. The minimum atomic E-state index is -1.19. The zero-order valence-electron chi connectivity index (χ0n) is 22.7. The third kappa shape index (κ3) is 4.98. The van der Waals surface area contributed by atoms with E-state index in [1.54, 1.807) is 35.7 Å². The highest BCUT2D eigenvalue weighted by molar-refractivity contribution is 7.10. The molecule has 4 aromatic rings. The predicted octanol–water partition coefficient (Wildman–Crippen LogP) is 4.52. The van der Waals surface area contributed by atoms with Gasteiger partial charge in [0.15, 0.2) is 6.10 Å². The average molecular weight is 559 g/mol. The van der Waals surface area contributed by atoms with Crippen molar-refractivity contribution in [1.29, 1.82) is 0 Å². The van der Waals surface area contributed by atoms with Crippen LogP contribution in [0.25, 0.3) is 5.69 Å². The molecule has 9 nitrogen and oxygen atoms in total. The summed E-state index contributed by atoms with van der Waals surface area (Å²) < 4.78 is 8.72. The van der Waals surface area contributed by atoms with Gasteiger partial charge in [-0.25, -0.2) is 4.68 Å². The minimum absolute atomic E-state index is 0.0385. The number of para-hydroxylation sites is 1. The monoisotopic (exact) mass is 558 g/mol. The van der Waals surface area contributed by atoms with Gasteiger partial charge < -0.3 is 15.0 Å². The molecule has 2 amide bonds. The first-order valence-electron chi connectivity index (χ1n) is 12.9. The van der Waals surface area contributed by atoms with Gasteiger partial charge >= 0.3 is 5.97 Å². The second-order valence-corrected chi connectivity index (χ2v) is 10.9. The first-order chi connectivity index (χ1) is 19.2. The lowest BCUT2D eigenvalue weighted by atomic mass is 9.98. The third-order valence-electron chi connectivity index (χ3n) is 7.24. The molecule has 1 aliphatic heterocycles. The molecule has 40 heavy (non-hydrogen) atoms. The fraction of sp³-hybridized carbons (Fsp3) is 0.267. The zero-order chi connectivity index (χ0) is 28.6. The Bertz CT molecular complexity index is 1610. The standard InChI is InChI=1S/C30H30N4O5S/c1-18-12-14-21(15-13-18)33-25(35)17-23(27(33)24-11-8-16-40-24)30(38)39-20(3)28(36)31-26-19(2)32(4)34(29(26)37)22-9-6-5-7-10-22/h5-16,20,23,27H,17H2,1-4H3,(H,31,36)/t20-,23-,27+/m1/s1. The van der Waals surface area contributed by atoms with Crippen molar-refractivity contribution in [2.24, 2.45) is 13.0 Å². The number of esters is 1. The molecule has 3 heterocycles. The lowest BCUT2D eigenvalue weighted by molar-refractivity contribution is -0.157. The number of thiophene rings is 1. The molecular formula is C30H30N4O5S. The lowest BCUT2D eigenvalue weighted by Crippen LogP contribution is -2.35.